The minimum absolute atomic E-state index is 0.0951. The van der Waals surface area contributed by atoms with Gasteiger partial charge in [-0.15, -0.1) is 0 Å². The second kappa shape index (κ2) is 7.88. The molecular weight excluding hydrogens is 266 g/mol. The van der Waals surface area contributed by atoms with Crippen LogP contribution >= 0.6 is 0 Å². The summed E-state index contributed by atoms with van der Waals surface area (Å²) in [6.45, 7) is 1.28. The number of aromatic nitrogens is 2. The Balaban J connectivity index is 1.77. The van der Waals surface area contributed by atoms with Crippen LogP contribution in [-0.2, 0) is 6.54 Å². The van der Waals surface area contributed by atoms with Crippen molar-refractivity contribution in [1.82, 2.24) is 14.9 Å². The van der Waals surface area contributed by atoms with Crippen LogP contribution in [0.1, 0.15) is 22.3 Å². The van der Waals surface area contributed by atoms with Crippen LogP contribution in [0.3, 0.4) is 0 Å². The molecule has 0 radical (unpaired) electrons. The highest BCUT2D eigenvalue weighted by molar-refractivity contribution is 5.94. The van der Waals surface area contributed by atoms with Crippen molar-refractivity contribution in [2.75, 3.05) is 13.2 Å². The number of rotatable bonds is 5. The molecule has 108 valence electrons. The Kier molecular flexibility index (Phi) is 5.56. The van der Waals surface area contributed by atoms with E-state index in [9.17, 15) is 4.79 Å². The quantitative estimate of drug-likeness (QED) is 0.636. The van der Waals surface area contributed by atoms with Gasteiger partial charge in [-0.25, -0.2) is 4.98 Å². The largest absolute Gasteiger partial charge is 0.384 e. The summed E-state index contributed by atoms with van der Waals surface area (Å²) in [5.41, 5.74) is 1.38. The van der Waals surface area contributed by atoms with Gasteiger partial charge in [-0.05, 0) is 30.7 Å². The van der Waals surface area contributed by atoms with Crippen LogP contribution in [-0.4, -0.2) is 33.7 Å². The Labute approximate surface area is 123 Å². The normalized spacial score (nSPS) is 9.76. The third kappa shape index (κ3) is 4.79. The van der Waals surface area contributed by atoms with E-state index in [2.05, 4.69) is 22.1 Å². The molecule has 5 heteroatoms. The number of hydrogen-bond acceptors (Lipinski definition) is 3. The van der Waals surface area contributed by atoms with Crippen molar-refractivity contribution in [3.05, 3.63) is 54.1 Å². The van der Waals surface area contributed by atoms with Gasteiger partial charge in [-0.3, -0.25) is 4.79 Å². The van der Waals surface area contributed by atoms with E-state index in [4.69, 9.17) is 5.11 Å². The van der Waals surface area contributed by atoms with Crippen LogP contribution < -0.4 is 5.32 Å². The number of imidazole rings is 1. The molecule has 1 amide bonds. The molecule has 1 aromatic heterocycles. The van der Waals surface area contributed by atoms with E-state index >= 15 is 0 Å². The van der Waals surface area contributed by atoms with Crippen molar-refractivity contribution < 1.29 is 9.90 Å². The maximum Gasteiger partial charge on any atom is 0.251 e. The second-order valence-corrected chi connectivity index (χ2v) is 4.45. The lowest BCUT2D eigenvalue weighted by Crippen LogP contribution is -2.25. The number of nitrogens with zero attached hydrogens (tertiary/aromatic N) is 2. The maximum absolute atomic E-state index is 11.9. The van der Waals surface area contributed by atoms with Crippen LogP contribution in [0.4, 0.5) is 0 Å². The van der Waals surface area contributed by atoms with Gasteiger partial charge >= 0.3 is 0 Å². The summed E-state index contributed by atoms with van der Waals surface area (Å²) >= 11 is 0. The molecule has 0 bridgehead atoms. The standard InChI is InChI=1S/C16H17N3O2/c20-12-1-3-14-4-6-15(7-5-14)16(21)18-8-2-10-19-11-9-17-13-19/h4-7,9,11,13,20H,2,8,10,12H2,(H,18,21). The van der Waals surface area contributed by atoms with Crippen molar-refractivity contribution in [3.8, 4) is 11.8 Å². The van der Waals surface area contributed by atoms with Crippen molar-refractivity contribution in [1.29, 1.82) is 0 Å². The first kappa shape index (κ1) is 14.8. The Morgan fingerprint density at radius 2 is 2.14 bits per heavy atom. The van der Waals surface area contributed by atoms with E-state index in [-0.39, 0.29) is 12.5 Å². The highest BCUT2D eigenvalue weighted by atomic mass is 16.2. The monoisotopic (exact) mass is 283 g/mol. The minimum Gasteiger partial charge on any atom is -0.384 e. The fourth-order valence-electron chi connectivity index (χ4n) is 1.83. The summed E-state index contributed by atoms with van der Waals surface area (Å²) in [4.78, 5) is 15.9. The fourth-order valence-corrected chi connectivity index (χ4v) is 1.83. The SMILES string of the molecule is O=C(NCCCn1ccnc1)c1ccc(C#CCO)cc1. The molecule has 2 rings (SSSR count). The topological polar surface area (TPSA) is 67.2 Å². The molecular formula is C16H17N3O2. The number of carbonyl (C=O) groups is 1. The van der Waals surface area contributed by atoms with E-state index < -0.39 is 0 Å². The third-order valence-electron chi connectivity index (χ3n) is 2.90. The van der Waals surface area contributed by atoms with Gasteiger partial charge in [0.1, 0.15) is 6.61 Å². The van der Waals surface area contributed by atoms with Gasteiger partial charge in [0.15, 0.2) is 0 Å². The predicted octanol–water partition coefficient (Wildman–Crippen LogP) is 1.05. The van der Waals surface area contributed by atoms with Gasteiger partial charge in [-0.2, -0.15) is 0 Å². The molecule has 2 aromatic rings. The van der Waals surface area contributed by atoms with Crippen LogP contribution in [0, 0.1) is 11.8 Å². The lowest BCUT2D eigenvalue weighted by atomic mass is 10.1. The first-order valence-corrected chi connectivity index (χ1v) is 6.73. The zero-order valence-electron chi connectivity index (χ0n) is 11.6. The van der Waals surface area contributed by atoms with Crippen LogP contribution in [0.15, 0.2) is 43.0 Å². The number of carbonyl (C=O) groups excluding carboxylic acids is 1. The zero-order valence-corrected chi connectivity index (χ0v) is 11.6. The zero-order chi connectivity index (χ0) is 14.9. The number of benzene rings is 1. The molecule has 0 unspecified atom stereocenters. The van der Waals surface area contributed by atoms with E-state index in [1.165, 1.54) is 0 Å². The highest BCUT2D eigenvalue weighted by Gasteiger charge is 2.03. The Hall–Kier alpha value is -2.58. The van der Waals surface area contributed by atoms with E-state index in [0.717, 1.165) is 18.5 Å². The highest BCUT2D eigenvalue weighted by Crippen LogP contribution is 2.03. The molecule has 0 aliphatic heterocycles. The molecule has 0 aliphatic carbocycles. The molecule has 21 heavy (non-hydrogen) atoms. The van der Waals surface area contributed by atoms with Gasteiger partial charge in [0, 0.05) is 36.6 Å². The molecule has 0 saturated heterocycles. The third-order valence-corrected chi connectivity index (χ3v) is 2.90. The molecule has 0 fully saturated rings. The maximum atomic E-state index is 11.9. The lowest BCUT2D eigenvalue weighted by Gasteiger charge is -2.06. The molecule has 2 N–H and O–H groups in total. The Morgan fingerprint density at radius 1 is 1.33 bits per heavy atom. The average Bonchev–Trinajstić information content (AvgIpc) is 3.03. The van der Waals surface area contributed by atoms with Crippen molar-refractivity contribution in [3.63, 3.8) is 0 Å². The Morgan fingerprint density at radius 3 is 2.81 bits per heavy atom. The summed E-state index contributed by atoms with van der Waals surface area (Å²) < 4.78 is 1.97. The smallest absolute Gasteiger partial charge is 0.251 e. The van der Waals surface area contributed by atoms with Crippen molar-refractivity contribution in [2.45, 2.75) is 13.0 Å². The molecule has 0 aliphatic rings. The Bertz CT molecular complexity index is 622. The molecule has 1 heterocycles. The molecule has 1 aromatic carbocycles. The number of aliphatic hydroxyl groups excluding tert-OH is 1. The van der Waals surface area contributed by atoms with Crippen LogP contribution in [0.25, 0.3) is 0 Å². The van der Waals surface area contributed by atoms with Gasteiger partial charge in [0.25, 0.3) is 5.91 Å². The molecule has 0 spiro atoms. The van der Waals surface area contributed by atoms with Gasteiger partial charge in [0.05, 0.1) is 6.33 Å². The van der Waals surface area contributed by atoms with E-state index in [1.807, 2.05) is 10.8 Å². The number of nitrogens with one attached hydrogen (secondary N) is 1. The molecule has 5 nitrogen and oxygen atoms in total. The van der Waals surface area contributed by atoms with Crippen LogP contribution in [0.2, 0.25) is 0 Å². The summed E-state index contributed by atoms with van der Waals surface area (Å²) in [5, 5.41) is 11.5. The molecule has 0 atom stereocenters. The fraction of sp³-hybridized carbons (Fsp3) is 0.250. The summed E-state index contributed by atoms with van der Waals surface area (Å²) in [6.07, 6.45) is 6.24. The van der Waals surface area contributed by atoms with Gasteiger partial charge in [0.2, 0.25) is 0 Å². The number of aryl methyl sites for hydroxylation is 1. The first-order valence-electron chi connectivity index (χ1n) is 6.73. The number of aliphatic hydroxyl groups is 1. The number of hydrogen-bond donors (Lipinski definition) is 2. The first-order chi connectivity index (χ1) is 10.3. The predicted molar refractivity (Wildman–Crippen MR) is 79.6 cm³/mol. The molecule has 0 saturated carbocycles. The summed E-state index contributed by atoms with van der Waals surface area (Å²) in [7, 11) is 0. The average molecular weight is 283 g/mol. The lowest BCUT2D eigenvalue weighted by molar-refractivity contribution is 0.0952. The second-order valence-electron chi connectivity index (χ2n) is 4.45. The van der Waals surface area contributed by atoms with Crippen LogP contribution in [0.5, 0.6) is 0 Å². The van der Waals surface area contributed by atoms with E-state index in [0.29, 0.717) is 12.1 Å². The van der Waals surface area contributed by atoms with Gasteiger partial charge < -0.3 is 15.0 Å². The van der Waals surface area contributed by atoms with E-state index in [1.54, 1.807) is 36.8 Å². The van der Waals surface area contributed by atoms with Gasteiger partial charge in [-0.1, -0.05) is 11.8 Å². The summed E-state index contributed by atoms with van der Waals surface area (Å²) in [6, 6.07) is 6.99. The minimum atomic E-state index is -0.168. The van der Waals surface area contributed by atoms with Crippen molar-refractivity contribution >= 4 is 5.91 Å². The number of amides is 1. The summed E-state index contributed by atoms with van der Waals surface area (Å²) in [5.74, 6) is 5.26. The van der Waals surface area contributed by atoms with Crippen molar-refractivity contribution in [2.24, 2.45) is 0 Å².